The van der Waals surface area contributed by atoms with Gasteiger partial charge in [-0.05, 0) is 65.3 Å². The maximum Gasteiger partial charge on any atom is 0.191 e. The lowest BCUT2D eigenvalue weighted by molar-refractivity contribution is 0.136. The molecule has 1 aliphatic heterocycles. The van der Waals surface area contributed by atoms with Crippen molar-refractivity contribution in [3.05, 3.63) is 0 Å². The fourth-order valence-electron chi connectivity index (χ4n) is 3.66. The van der Waals surface area contributed by atoms with Crippen LogP contribution in [0.5, 0.6) is 0 Å². The van der Waals surface area contributed by atoms with Gasteiger partial charge in [0.1, 0.15) is 0 Å². The Hall–Kier alpha value is -0.850. The van der Waals surface area contributed by atoms with E-state index >= 15 is 0 Å². The molecular formula is C21H46N6. The monoisotopic (exact) mass is 382 g/mol. The summed E-state index contributed by atoms with van der Waals surface area (Å²) in [6, 6.07) is 0.460. The molecule has 1 saturated heterocycles. The lowest BCUT2D eigenvalue weighted by atomic mass is 10.2. The highest BCUT2D eigenvalue weighted by Gasteiger charge is 2.14. The quantitative estimate of drug-likeness (QED) is 0.290. The third-order valence-electron chi connectivity index (χ3n) is 5.72. The van der Waals surface area contributed by atoms with Gasteiger partial charge in [0, 0.05) is 45.8 Å². The highest BCUT2D eigenvalue weighted by atomic mass is 15.3. The van der Waals surface area contributed by atoms with Crippen molar-refractivity contribution >= 4 is 5.96 Å². The molecule has 1 rings (SSSR count). The average Bonchev–Trinajstić information content (AvgIpc) is 2.70. The lowest BCUT2D eigenvalue weighted by Gasteiger charge is -2.34. The number of likely N-dealkylation sites (N-methyl/N-ethyl adjacent to an activating group) is 1. The van der Waals surface area contributed by atoms with Crippen LogP contribution < -0.4 is 10.6 Å². The molecule has 0 radical (unpaired) electrons. The Balaban J connectivity index is 2.07. The molecule has 27 heavy (non-hydrogen) atoms. The Morgan fingerprint density at radius 2 is 1.67 bits per heavy atom. The first-order valence-electron chi connectivity index (χ1n) is 11.3. The standard InChI is InChI=1S/C21H46N6/c1-6-25(7-2)15-11-12-20(4)24-21(22-5)23-13-9-10-14-27-18-16-26(8-3)17-19-27/h20H,6-19H2,1-5H3,(H2,22,23,24). The van der Waals surface area contributed by atoms with E-state index in [0.717, 1.165) is 25.6 Å². The number of nitrogens with zero attached hydrogens (tertiary/aromatic N) is 4. The van der Waals surface area contributed by atoms with E-state index in [1.165, 1.54) is 71.5 Å². The Bertz CT molecular complexity index is 375. The summed E-state index contributed by atoms with van der Waals surface area (Å²) >= 11 is 0. The van der Waals surface area contributed by atoms with E-state index in [4.69, 9.17) is 0 Å². The predicted octanol–water partition coefficient (Wildman–Crippen LogP) is 2.08. The van der Waals surface area contributed by atoms with E-state index in [1.54, 1.807) is 0 Å². The van der Waals surface area contributed by atoms with Crippen molar-refractivity contribution < 1.29 is 0 Å². The van der Waals surface area contributed by atoms with Crippen molar-refractivity contribution in [2.24, 2.45) is 4.99 Å². The Morgan fingerprint density at radius 1 is 1.00 bits per heavy atom. The van der Waals surface area contributed by atoms with Gasteiger partial charge in [-0.2, -0.15) is 0 Å². The Morgan fingerprint density at radius 3 is 2.26 bits per heavy atom. The van der Waals surface area contributed by atoms with Gasteiger partial charge < -0.3 is 25.3 Å². The van der Waals surface area contributed by atoms with Crippen LogP contribution >= 0.6 is 0 Å². The van der Waals surface area contributed by atoms with Crippen LogP contribution in [0.2, 0.25) is 0 Å². The molecule has 0 aromatic rings. The van der Waals surface area contributed by atoms with Gasteiger partial charge >= 0.3 is 0 Å². The van der Waals surface area contributed by atoms with Crippen molar-refractivity contribution in [3.63, 3.8) is 0 Å². The van der Waals surface area contributed by atoms with E-state index < -0.39 is 0 Å². The van der Waals surface area contributed by atoms with Gasteiger partial charge in [0.2, 0.25) is 0 Å². The van der Waals surface area contributed by atoms with E-state index in [9.17, 15) is 0 Å². The molecular weight excluding hydrogens is 336 g/mol. The van der Waals surface area contributed by atoms with Gasteiger partial charge in [-0.25, -0.2) is 0 Å². The van der Waals surface area contributed by atoms with E-state index in [0.29, 0.717) is 6.04 Å². The summed E-state index contributed by atoms with van der Waals surface area (Å²) in [5.41, 5.74) is 0. The van der Waals surface area contributed by atoms with Gasteiger partial charge in [-0.1, -0.05) is 20.8 Å². The average molecular weight is 383 g/mol. The molecule has 0 bridgehead atoms. The lowest BCUT2D eigenvalue weighted by Crippen LogP contribution is -2.46. The van der Waals surface area contributed by atoms with Crippen molar-refractivity contribution in [2.45, 2.75) is 59.4 Å². The summed E-state index contributed by atoms with van der Waals surface area (Å²) in [7, 11) is 1.87. The van der Waals surface area contributed by atoms with Gasteiger partial charge in [-0.15, -0.1) is 0 Å². The number of unbranched alkanes of at least 4 members (excludes halogenated alkanes) is 1. The molecule has 1 aliphatic rings. The summed E-state index contributed by atoms with van der Waals surface area (Å²) in [5, 5.41) is 7.01. The van der Waals surface area contributed by atoms with Crippen molar-refractivity contribution in [2.75, 3.05) is 72.5 Å². The second-order valence-electron chi connectivity index (χ2n) is 7.70. The highest BCUT2D eigenvalue weighted by molar-refractivity contribution is 5.79. The minimum Gasteiger partial charge on any atom is -0.356 e. The fraction of sp³-hybridized carbons (Fsp3) is 0.952. The van der Waals surface area contributed by atoms with Crippen molar-refractivity contribution in [1.29, 1.82) is 0 Å². The first kappa shape index (κ1) is 24.2. The third kappa shape index (κ3) is 10.9. The molecule has 1 unspecified atom stereocenters. The molecule has 160 valence electrons. The van der Waals surface area contributed by atoms with E-state index in [-0.39, 0.29) is 0 Å². The maximum absolute atomic E-state index is 4.38. The van der Waals surface area contributed by atoms with Crippen molar-refractivity contribution in [1.82, 2.24) is 25.3 Å². The molecule has 0 saturated carbocycles. The number of guanidine groups is 1. The fourth-order valence-corrected chi connectivity index (χ4v) is 3.66. The highest BCUT2D eigenvalue weighted by Crippen LogP contribution is 2.03. The van der Waals surface area contributed by atoms with E-state index in [1.807, 2.05) is 7.05 Å². The summed E-state index contributed by atoms with van der Waals surface area (Å²) in [6.07, 6.45) is 4.87. The molecule has 0 aromatic carbocycles. The van der Waals surface area contributed by atoms with Crippen molar-refractivity contribution in [3.8, 4) is 0 Å². The zero-order valence-corrected chi connectivity index (χ0v) is 18.8. The summed E-state index contributed by atoms with van der Waals surface area (Å²) < 4.78 is 0. The molecule has 1 heterocycles. The molecule has 6 heteroatoms. The van der Waals surface area contributed by atoms with Crippen LogP contribution in [-0.2, 0) is 0 Å². The van der Waals surface area contributed by atoms with Gasteiger partial charge in [0.15, 0.2) is 5.96 Å². The number of rotatable bonds is 13. The van der Waals surface area contributed by atoms with Gasteiger partial charge in [-0.3, -0.25) is 4.99 Å². The third-order valence-corrected chi connectivity index (χ3v) is 5.72. The number of aliphatic imine (C=N–C) groups is 1. The zero-order chi connectivity index (χ0) is 19.9. The van der Waals surface area contributed by atoms with Gasteiger partial charge in [0.25, 0.3) is 0 Å². The molecule has 0 amide bonds. The van der Waals surface area contributed by atoms with Crippen LogP contribution in [0.4, 0.5) is 0 Å². The van der Waals surface area contributed by atoms with Crippen LogP contribution in [0, 0.1) is 0 Å². The van der Waals surface area contributed by atoms with E-state index in [2.05, 4.69) is 58.0 Å². The minimum atomic E-state index is 0.460. The Labute approximate surface area is 168 Å². The van der Waals surface area contributed by atoms with Crippen LogP contribution in [0.15, 0.2) is 4.99 Å². The second-order valence-corrected chi connectivity index (χ2v) is 7.70. The molecule has 0 spiro atoms. The summed E-state index contributed by atoms with van der Waals surface area (Å²) in [5.74, 6) is 0.946. The zero-order valence-electron chi connectivity index (χ0n) is 18.8. The molecule has 1 atom stereocenters. The predicted molar refractivity (Wildman–Crippen MR) is 119 cm³/mol. The number of hydrogen-bond acceptors (Lipinski definition) is 4. The van der Waals surface area contributed by atoms with Crippen LogP contribution in [0.25, 0.3) is 0 Å². The largest absolute Gasteiger partial charge is 0.356 e. The maximum atomic E-state index is 4.38. The smallest absolute Gasteiger partial charge is 0.191 e. The molecule has 0 aromatic heterocycles. The molecule has 6 nitrogen and oxygen atoms in total. The SMILES string of the molecule is CCN(CC)CCCC(C)NC(=NC)NCCCCN1CCN(CC)CC1. The number of hydrogen-bond donors (Lipinski definition) is 2. The summed E-state index contributed by atoms with van der Waals surface area (Å²) in [4.78, 5) is 12.0. The van der Waals surface area contributed by atoms with Gasteiger partial charge in [0.05, 0.1) is 0 Å². The number of nitrogens with one attached hydrogen (secondary N) is 2. The first-order chi connectivity index (χ1) is 13.1. The van der Waals surface area contributed by atoms with Crippen LogP contribution in [0.1, 0.15) is 53.4 Å². The second kappa shape index (κ2) is 15.1. The minimum absolute atomic E-state index is 0.460. The van der Waals surface area contributed by atoms with Crippen LogP contribution in [0.3, 0.4) is 0 Å². The number of piperazine rings is 1. The molecule has 2 N–H and O–H groups in total. The topological polar surface area (TPSA) is 46.1 Å². The molecule has 0 aliphatic carbocycles. The molecule has 1 fully saturated rings. The Kier molecular flexibility index (Phi) is 13.5. The first-order valence-corrected chi connectivity index (χ1v) is 11.3. The summed E-state index contributed by atoms with van der Waals surface area (Å²) in [6.45, 7) is 20.8. The van der Waals surface area contributed by atoms with Crippen LogP contribution in [-0.4, -0.2) is 99.2 Å². The normalized spacial score (nSPS) is 18.1.